The lowest BCUT2D eigenvalue weighted by atomic mass is 10.0. The topological polar surface area (TPSA) is 29.5 Å². The first-order valence-electron chi connectivity index (χ1n) is 6.79. The maximum Gasteiger partial charge on any atom is 0.126 e. The van der Waals surface area contributed by atoms with E-state index in [0.29, 0.717) is 24.5 Å². The van der Waals surface area contributed by atoms with Crippen LogP contribution in [0.2, 0.25) is 0 Å². The van der Waals surface area contributed by atoms with Crippen molar-refractivity contribution in [2.45, 2.75) is 50.7 Å². The van der Waals surface area contributed by atoms with Crippen LogP contribution < -0.4 is 0 Å². The Kier molecular flexibility index (Phi) is 5.14. The molecule has 1 heterocycles. The standard InChI is InChI=1S/C15H21FO2/c16-15-9-2-1-5-12(15)11-13(17)6-3-7-14-8-4-10-18-14/h1-2,5,9,13-14,17H,3-4,6-8,10-11H2. The number of rotatable bonds is 6. The summed E-state index contributed by atoms with van der Waals surface area (Å²) in [5.41, 5.74) is 0.599. The van der Waals surface area contributed by atoms with Gasteiger partial charge in [0, 0.05) is 13.0 Å². The SMILES string of the molecule is OC(CCCC1CCCO1)Cc1ccccc1F. The Labute approximate surface area is 108 Å². The summed E-state index contributed by atoms with van der Waals surface area (Å²) in [5, 5.41) is 9.89. The largest absolute Gasteiger partial charge is 0.393 e. The van der Waals surface area contributed by atoms with Crippen molar-refractivity contribution < 1.29 is 14.2 Å². The molecule has 2 nitrogen and oxygen atoms in total. The molecule has 1 fully saturated rings. The van der Waals surface area contributed by atoms with Crippen LogP contribution >= 0.6 is 0 Å². The molecule has 0 bridgehead atoms. The highest BCUT2D eigenvalue weighted by Crippen LogP contribution is 2.19. The van der Waals surface area contributed by atoms with E-state index in [-0.39, 0.29) is 5.82 Å². The molecule has 0 radical (unpaired) electrons. The lowest BCUT2D eigenvalue weighted by Gasteiger charge is -2.13. The van der Waals surface area contributed by atoms with E-state index in [4.69, 9.17) is 4.74 Å². The maximum atomic E-state index is 13.4. The summed E-state index contributed by atoms with van der Waals surface area (Å²) in [6.45, 7) is 0.877. The summed E-state index contributed by atoms with van der Waals surface area (Å²) in [4.78, 5) is 0. The van der Waals surface area contributed by atoms with Gasteiger partial charge >= 0.3 is 0 Å². The maximum absolute atomic E-state index is 13.4. The molecule has 0 saturated carbocycles. The van der Waals surface area contributed by atoms with Gasteiger partial charge in [0.25, 0.3) is 0 Å². The van der Waals surface area contributed by atoms with E-state index < -0.39 is 6.10 Å². The van der Waals surface area contributed by atoms with Crippen LogP contribution in [0.15, 0.2) is 24.3 Å². The highest BCUT2D eigenvalue weighted by atomic mass is 19.1. The normalized spacial score (nSPS) is 21.1. The van der Waals surface area contributed by atoms with Crippen molar-refractivity contribution in [2.75, 3.05) is 6.61 Å². The fourth-order valence-electron chi connectivity index (χ4n) is 2.47. The van der Waals surface area contributed by atoms with E-state index in [2.05, 4.69) is 0 Å². The first-order valence-corrected chi connectivity index (χ1v) is 6.79. The summed E-state index contributed by atoms with van der Waals surface area (Å²) in [6, 6.07) is 6.65. The Morgan fingerprint density at radius 3 is 2.94 bits per heavy atom. The average molecular weight is 252 g/mol. The number of benzene rings is 1. The van der Waals surface area contributed by atoms with Crippen LogP contribution in [0.3, 0.4) is 0 Å². The monoisotopic (exact) mass is 252 g/mol. The van der Waals surface area contributed by atoms with E-state index in [1.807, 2.05) is 0 Å². The Balaban J connectivity index is 1.68. The summed E-state index contributed by atoms with van der Waals surface area (Å²) in [5.74, 6) is -0.226. The van der Waals surface area contributed by atoms with Gasteiger partial charge in [0.1, 0.15) is 5.82 Å². The Hall–Kier alpha value is -0.930. The predicted molar refractivity (Wildman–Crippen MR) is 68.9 cm³/mol. The molecule has 0 aromatic heterocycles. The van der Waals surface area contributed by atoms with Crippen molar-refractivity contribution in [1.82, 2.24) is 0 Å². The highest BCUT2D eigenvalue weighted by Gasteiger charge is 2.16. The Morgan fingerprint density at radius 1 is 1.39 bits per heavy atom. The molecule has 2 rings (SSSR count). The predicted octanol–water partition coefficient (Wildman–Crippen LogP) is 3.08. The zero-order chi connectivity index (χ0) is 12.8. The number of halogens is 1. The molecule has 100 valence electrons. The third-order valence-corrected chi connectivity index (χ3v) is 3.50. The zero-order valence-electron chi connectivity index (χ0n) is 10.6. The Morgan fingerprint density at radius 2 is 2.22 bits per heavy atom. The van der Waals surface area contributed by atoms with Gasteiger partial charge in [-0.05, 0) is 43.7 Å². The summed E-state index contributed by atoms with van der Waals surface area (Å²) in [6.07, 6.45) is 5.29. The second-order valence-electron chi connectivity index (χ2n) is 5.02. The van der Waals surface area contributed by atoms with E-state index in [0.717, 1.165) is 32.3 Å². The summed E-state index contributed by atoms with van der Waals surface area (Å²) >= 11 is 0. The van der Waals surface area contributed by atoms with Gasteiger partial charge < -0.3 is 9.84 Å². The molecular weight excluding hydrogens is 231 g/mol. The molecule has 2 unspecified atom stereocenters. The molecule has 1 N–H and O–H groups in total. The van der Waals surface area contributed by atoms with Gasteiger partial charge in [-0.3, -0.25) is 0 Å². The van der Waals surface area contributed by atoms with Crippen molar-refractivity contribution in [3.8, 4) is 0 Å². The van der Waals surface area contributed by atoms with Crippen LogP contribution in [0.5, 0.6) is 0 Å². The fourth-order valence-corrected chi connectivity index (χ4v) is 2.47. The lowest BCUT2D eigenvalue weighted by molar-refractivity contribution is 0.0944. The van der Waals surface area contributed by atoms with Gasteiger partial charge in [-0.15, -0.1) is 0 Å². The number of aliphatic hydroxyl groups excluding tert-OH is 1. The smallest absolute Gasteiger partial charge is 0.126 e. The van der Waals surface area contributed by atoms with Crippen LogP contribution in [-0.2, 0) is 11.2 Å². The quantitative estimate of drug-likeness (QED) is 0.843. The van der Waals surface area contributed by atoms with Crippen LogP contribution in [0.25, 0.3) is 0 Å². The lowest BCUT2D eigenvalue weighted by Crippen LogP contribution is -2.13. The van der Waals surface area contributed by atoms with Gasteiger partial charge in [0.15, 0.2) is 0 Å². The first kappa shape index (κ1) is 13.5. The molecule has 3 heteroatoms. The molecule has 0 spiro atoms. The third kappa shape index (κ3) is 4.07. The van der Waals surface area contributed by atoms with Gasteiger partial charge in [-0.25, -0.2) is 4.39 Å². The number of hydrogen-bond acceptors (Lipinski definition) is 2. The van der Waals surface area contributed by atoms with E-state index in [1.54, 1.807) is 18.2 Å². The van der Waals surface area contributed by atoms with Gasteiger partial charge in [0.2, 0.25) is 0 Å². The van der Waals surface area contributed by atoms with Gasteiger partial charge in [-0.1, -0.05) is 18.2 Å². The van der Waals surface area contributed by atoms with Gasteiger partial charge in [-0.2, -0.15) is 0 Å². The minimum absolute atomic E-state index is 0.226. The molecule has 1 saturated heterocycles. The second-order valence-corrected chi connectivity index (χ2v) is 5.02. The van der Waals surface area contributed by atoms with Crippen LogP contribution in [0, 0.1) is 5.82 Å². The van der Waals surface area contributed by atoms with Crippen molar-refractivity contribution in [3.63, 3.8) is 0 Å². The van der Waals surface area contributed by atoms with Crippen molar-refractivity contribution in [2.24, 2.45) is 0 Å². The summed E-state index contributed by atoms with van der Waals surface area (Å²) in [7, 11) is 0. The van der Waals surface area contributed by atoms with Crippen molar-refractivity contribution >= 4 is 0 Å². The Bertz CT molecular complexity index is 361. The van der Waals surface area contributed by atoms with E-state index >= 15 is 0 Å². The molecule has 1 aromatic carbocycles. The minimum Gasteiger partial charge on any atom is -0.393 e. The third-order valence-electron chi connectivity index (χ3n) is 3.50. The van der Waals surface area contributed by atoms with E-state index in [9.17, 15) is 9.50 Å². The molecule has 1 aliphatic rings. The minimum atomic E-state index is -0.455. The average Bonchev–Trinajstić information content (AvgIpc) is 2.85. The molecular formula is C15H21FO2. The second kappa shape index (κ2) is 6.86. The first-order chi connectivity index (χ1) is 8.75. The summed E-state index contributed by atoms with van der Waals surface area (Å²) < 4.78 is 18.9. The van der Waals surface area contributed by atoms with Crippen molar-refractivity contribution in [1.29, 1.82) is 0 Å². The van der Waals surface area contributed by atoms with Crippen LogP contribution in [0.1, 0.15) is 37.7 Å². The number of aliphatic hydroxyl groups is 1. The van der Waals surface area contributed by atoms with Crippen LogP contribution in [0.4, 0.5) is 4.39 Å². The molecule has 0 amide bonds. The van der Waals surface area contributed by atoms with Crippen molar-refractivity contribution in [3.05, 3.63) is 35.6 Å². The molecule has 1 aliphatic heterocycles. The van der Waals surface area contributed by atoms with Gasteiger partial charge in [0.05, 0.1) is 12.2 Å². The molecule has 2 atom stereocenters. The number of hydrogen-bond donors (Lipinski definition) is 1. The molecule has 0 aliphatic carbocycles. The highest BCUT2D eigenvalue weighted by molar-refractivity contribution is 5.17. The zero-order valence-corrected chi connectivity index (χ0v) is 10.6. The number of ether oxygens (including phenoxy) is 1. The molecule has 1 aromatic rings. The van der Waals surface area contributed by atoms with Crippen LogP contribution in [-0.4, -0.2) is 23.9 Å². The van der Waals surface area contributed by atoms with E-state index in [1.165, 1.54) is 6.07 Å². The fraction of sp³-hybridized carbons (Fsp3) is 0.600. The molecule has 18 heavy (non-hydrogen) atoms.